The molecule has 5 heteroatoms. The van der Waals surface area contributed by atoms with Gasteiger partial charge in [0.2, 0.25) is 11.8 Å². The molecule has 1 aliphatic rings. The number of anilines is 1. The van der Waals surface area contributed by atoms with E-state index in [1.165, 1.54) is 12.8 Å². The van der Waals surface area contributed by atoms with Crippen LogP contribution in [0.25, 0.3) is 0 Å². The summed E-state index contributed by atoms with van der Waals surface area (Å²) in [5.41, 5.74) is 0. The summed E-state index contributed by atoms with van der Waals surface area (Å²) in [5, 5.41) is 3.41. The van der Waals surface area contributed by atoms with Crippen LogP contribution in [-0.4, -0.2) is 41.7 Å². The first-order valence-electron chi connectivity index (χ1n) is 7.17. The van der Waals surface area contributed by atoms with E-state index in [-0.39, 0.29) is 6.10 Å². The van der Waals surface area contributed by atoms with Gasteiger partial charge < -0.3 is 15.0 Å². The third kappa shape index (κ3) is 3.80. The molecule has 5 nitrogen and oxygen atoms in total. The Balaban J connectivity index is 2.07. The molecule has 1 N–H and O–H groups in total. The van der Waals surface area contributed by atoms with Crippen LogP contribution < -0.4 is 15.0 Å². The Morgan fingerprint density at radius 3 is 3.11 bits per heavy atom. The van der Waals surface area contributed by atoms with Gasteiger partial charge in [0.15, 0.2) is 0 Å². The summed E-state index contributed by atoms with van der Waals surface area (Å²) in [4.78, 5) is 11.2. The van der Waals surface area contributed by atoms with Crippen molar-refractivity contribution in [2.75, 3.05) is 24.5 Å². The van der Waals surface area contributed by atoms with E-state index in [0.717, 1.165) is 25.6 Å². The molecule has 19 heavy (non-hydrogen) atoms. The van der Waals surface area contributed by atoms with Gasteiger partial charge >= 0.3 is 0 Å². The fraction of sp³-hybridized carbons (Fsp3) is 0.714. The molecule has 1 fully saturated rings. The molecule has 2 rings (SSSR count). The maximum Gasteiger partial charge on any atom is 0.228 e. The first-order chi connectivity index (χ1) is 9.20. The highest BCUT2D eigenvalue weighted by atomic mass is 16.5. The first-order valence-corrected chi connectivity index (χ1v) is 7.17. The number of nitrogens with one attached hydrogen (secondary N) is 1. The predicted molar refractivity (Wildman–Crippen MR) is 76.7 cm³/mol. The fourth-order valence-corrected chi connectivity index (χ4v) is 2.40. The zero-order valence-corrected chi connectivity index (χ0v) is 12.1. The van der Waals surface area contributed by atoms with Gasteiger partial charge in [0.1, 0.15) is 0 Å². The number of aromatic nitrogens is 2. The molecule has 0 aromatic carbocycles. The lowest BCUT2D eigenvalue weighted by atomic mass is 10.2. The molecular weight excluding hydrogens is 240 g/mol. The van der Waals surface area contributed by atoms with Gasteiger partial charge in [0.05, 0.1) is 6.10 Å². The van der Waals surface area contributed by atoms with Crippen LogP contribution in [0.2, 0.25) is 0 Å². The van der Waals surface area contributed by atoms with Crippen molar-refractivity contribution in [3.05, 3.63) is 12.3 Å². The molecule has 1 unspecified atom stereocenters. The summed E-state index contributed by atoms with van der Waals surface area (Å²) in [6.45, 7) is 9.17. The molecule has 1 aromatic rings. The van der Waals surface area contributed by atoms with Crippen LogP contribution >= 0.6 is 0 Å². The van der Waals surface area contributed by atoms with Gasteiger partial charge in [-0.3, -0.25) is 0 Å². The number of hydrogen-bond donors (Lipinski definition) is 1. The van der Waals surface area contributed by atoms with Crippen LogP contribution in [-0.2, 0) is 0 Å². The molecule has 0 radical (unpaired) electrons. The number of rotatable bonds is 6. The Kier molecular flexibility index (Phi) is 4.96. The van der Waals surface area contributed by atoms with Crippen molar-refractivity contribution in [2.45, 2.75) is 45.8 Å². The van der Waals surface area contributed by atoms with Crippen molar-refractivity contribution in [1.82, 2.24) is 15.3 Å². The standard InChI is InChI=1S/C14H24N4O/c1-4-15-10-12-6-5-9-18(12)14-16-8-7-13(17-14)19-11(2)3/h7-8,11-12,15H,4-6,9-10H2,1-3H3. The molecule has 0 spiro atoms. The molecule has 2 heterocycles. The minimum Gasteiger partial charge on any atom is -0.475 e. The lowest BCUT2D eigenvalue weighted by molar-refractivity contribution is 0.232. The number of hydrogen-bond acceptors (Lipinski definition) is 5. The molecule has 106 valence electrons. The van der Waals surface area contributed by atoms with E-state index < -0.39 is 0 Å². The molecule has 0 amide bonds. The first kappa shape index (κ1) is 14.1. The van der Waals surface area contributed by atoms with E-state index in [4.69, 9.17) is 4.74 Å². The van der Waals surface area contributed by atoms with Gasteiger partial charge in [0.25, 0.3) is 0 Å². The van der Waals surface area contributed by atoms with E-state index in [0.29, 0.717) is 11.9 Å². The minimum atomic E-state index is 0.138. The zero-order chi connectivity index (χ0) is 13.7. The molecule has 1 saturated heterocycles. The van der Waals surface area contributed by atoms with Crippen molar-refractivity contribution < 1.29 is 4.74 Å². The topological polar surface area (TPSA) is 50.3 Å². The maximum absolute atomic E-state index is 5.64. The average molecular weight is 264 g/mol. The zero-order valence-electron chi connectivity index (χ0n) is 12.1. The van der Waals surface area contributed by atoms with Gasteiger partial charge in [-0.15, -0.1) is 0 Å². The average Bonchev–Trinajstić information content (AvgIpc) is 2.84. The normalized spacial score (nSPS) is 19.2. The second-order valence-electron chi connectivity index (χ2n) is 5.16. The minimum absolute atomic E-state index is 0.138. The lowest BCUT2D eigenvalue weighted by Gasteiger charge is -2.25. The summed E-state index contributed by atoms with van der Waals surface area (Å²) in [6, 6.07) is 2.31. The number of nitrogens with zero attached hydrogens (tertiary/aromatic N) is 3. The Morgan fingerprint density at radius 1 is 1.53 bits per heavy atom. The Hall–Kier alpha value is -1.36. The van der Waals surface area contributed by atoms with Gasteiger partial charge in [-0.1, -0.05) is 6.92 Å². The molecule has 1 aliphatic heterocycles. The van der Waals surface area contributed by atoms with Crippen LogP contribution in [0.15, 0.2) is 12.3 Å². The highest BCUT2D eigenvalue weighted by Crippen LogP contribution is 2.23. The Labute approximate surface area is 115 Å². The second kappa shape index (κ2) is 6.70. The number of likely N-dealkylation sites (N-methyl/N-ethyl adjacent to an activating group) is 1. The van der Waals surface area contributed by atoms with E-state index in [1.807, 2.05) is 19.9 Å². The predicted octanol–water partition coefficient (Wildman–Crippen LogP) is 1.84. The van der Waals surface area contributed by atoms with E-state index >= 15 is 0 Å². The van der Waals surface area contributed by atoms with E-state index in [9.17, 15) is 0 Å². The Bertz CT molecular complexity index is 397. The van der Waals surface area contributed by atoms with Crippen LogP contribution in [0, 0.1) is 0 Å². The lowest BCUT2D eigenvalue weighted by Crippen LogP contribution is -2.38. The maximum atomic E-state index is 5.64. The summed E-state index contributed by atoms with van der Waals surface area (Å²) in [5.74, 6) is 1.45. The molecule has 0 aliphatic carbocycles. The van der Waals surface area contributed by atoms with Crippen molar-refractivity contribution in [1.29, 1.82) is 0 Å². The van der Waals surface area contributed by atoms with Crippen LogP contribution in [0.3, 0.4) is 0 Å². The summed E-state index contributed by atoms with van der Waals surface area (Å²) >= 11 is 0. The van der Waals surface area contributed by atoms with Crippen LogP contribution in [0.4, 0.5) is 5.95 Å². The van der Waals surface area contributed by atoms with Crippen LogP contribution in [0.1, 0.15) is 33.6 Å². The van der Waals surface area contributed by atoms with Crippen molar-refractivity contribution in [3.8, 4) is 5.88 Å². The van der Waals surface area contributed by atoms with Crippen LogP contribution in [0.5, 0.6) is 5.88 Å². The third-order valence-corrected chi connectivity index (χ3v) is 3.24. The van der Waals surface area contributed by atoms with Gasteiger partial charge in [-0.05, 0) is 33.2 Å². The number of ether oxygens (including phenoxy) is 1. The highest BCUT2D eigenvalue weighted by molar-refractivity contribution is 5.35. The van der Waals surface area contributed by atoms with E-state index in [1.54, 1.807) is 6.20 Å². The van der Waals surface area contributed by atoms with Gasteiger partial charge in [0, 0.05) is 31.4 Å². The SMILES string of the molecule is CCNCC1CCCN1c1nccc(OC(C)C)n1. The van der Waals surface area contributed by atoms with Crippen molar-refractivity contribution >= 4 is 5.95 Å². The molecule has 0 saturated carbocycles. The molecule has 1 aromatic heterocycles. The smallest absolute Gasteiger partial charge is 0.228 e. The monoisotopic (exact) mass is 264 g/mol. The third-order valence-electron chi connectivity index (χ3n) is 3.24. The highest BCUT2D eigenvalue weighted by Gasteiger charge is 2.26. The van der Waals surface area contributed by atoms with Crippen molar-refractivity contribution in [2.24, 2.45) is 0 Å². The summed E-state index contributed by atoms with van der Waals surface area (Å²) in [6.07, 6.45) is 4.32. The molecule has 0 bridgehead atoms. The van der Waals surface area contributed by atoms with Gasteiger partial charge in [-0.2, -0.15) is 4.98 Å². The Morgan fingerprint density at radius 2 is 2.37 bits per heavy atom. The quantitative estimate of drug-likeness (QED) is 0.849. The summed E-state index contributed by atoms with van der Waals surface area (Å²) in [7, 11) is 0. The van der Waals surface area contributed by atoms with E-state index in [2.05, 4.69) is 27.1 Å². The summed E-state index contributed by atoms with van der Waals surface area (Å²) < 4.78 is 5.64. The molecular formula is C14H24N4O. The van der Waals surface area contributed by atoms with Gasteiger partial charge in [-0.25, -0.2) is 4.98 Å². The second-order valence-corrected chi connectivity index (χ2v) is 5.16. The fourth-order valence-electron chi connectivity index (χ4n) is 2.40. The van der Waals surface area contributed by atoms with Crippen molar-refractivity contribution in [3.63, 3.8) is 0 Å². The molecule has 1 atom stereocenters. The largest absolute Gasteiger partial charge is 0.475 e.